The van der Waals surface area contributed by atoms with Crippen molar-refractivity contribution in [3.63, 3.8) is 0 Å². The monoisotopic (exact) mass is 232 g/mol. The van der Waals surface area contributed by atoms with Gasteiger partial charge in [-0.15, -0.1) is 12.6 Å². The van der Waals surface area contributed by atoms with Crippen molar-refractivity contribution in [3.05, 3.63) is 66.3 Å². The van der Waals surface area contributed by atoms with Gasteiger partial charge in [0.1, 0.15) is 6.61 Å². The zero-order valence-corrected chi connectivity index (χ0v) is 10.1. The lowest BCUT2D eigenvalue weighted by atomic mass is 10.1. The second-order valence-corrected chi connectivity index (χ2v) is 4.06. The van der Waals surface area contributed by atoms with Crippen LogP contribution in [0.25, 0.3) is 5.57 Å². The first-order valence-electron chi connectivity index (χ1n) is 5.06. The van der Waals surface area contributed by atoms with E-state index in [1.165, 1.54) is 0 Å². The van der Waals surface area contributed by atoms with Crippen molar-refractivity contribution in [2.24, 2.45) is 0 Å². The lowest BCUT2D eigenvalue weighted by Gasteiger charge is -2.02. The summed E-state index contributed by atoms with van der Waals surface area (Å²) in [4.78, 5) is 0.714. The van der Waals surface area contributed by atoms with E-state index in [2.05, 4.69) is 25.8 Å². The lowest BCUT2D eigenvalue weighted by Crippen LogP contribution is -1.85. The van der Waals surface area contributed by atoms with Gasteiger partial charge in [0.2, 0.25) is 0 Å². The second kappa shape index (κ2) is 6.96. The first kappa shape index (κ1) is 12.7. The van der Waals surface area contributed by atoms with Gasteiger partial charge >= 0.3 is 0 Å². The highest BCUT2D eigenvalue weighted by molar-refractivity contribution is 7.84. The third kappa shape index (κ3) is 4.89. The molecule has 1 aromatic carbocycles. The van der Waals surface area contributed by atoms with Crippen LogP contribution in [0.2, 0.25) is 0 Å². The van der Waals surface area contributed by atoms with E-state index in [1.54, 1.807) is 6.26 Å². The Balaban J connectivity index is 2.33. The van der Waals surface area contributed by atoms with Crippen LogP contribution in [0, 0.1) is 0 Å². The van der Waals surface area contributed by atoms with Crippen LogP contribution >= 0.6 is 12.6 Å². The summed E-state index contributed by atoms with van der Waals surface area (Å²) >= 11 is 4.03. The second-order valence-electron chi connectivity index (χ2n) is 3.42. The lowest BCUT2D eigenvalue weighted by molar-refractivity contribution is 0.286. The molecule has 0 aromatic heterocycles. The molecule has 0 aliphatic rings. The Morgan fingerprint density at radius 2 is 1.94 bits per heavy atom. The van der Waals surface area contributed by atoms with Crippen molar-refractivity contribution in [3.8, 4) is 0 Å². The molecule has 0 unspecified atom stereocenters. The standard InChI is InChI=1S/C14H16OS/c1-12(14-8-4-3-5-9-14)7-6-10-15-11-13(2)16/h3-6,8-10,16H,1-2,7,11H2/b10-6-. The summed E-state index contributed by atoms with van der Waals surface area (Å²) in [6, 6.07) is 10.1. The van der Waals surface area contributed by atoms with E-state index >= 15 is 0 Å². The molecule has 0 N–H and O–H groups in total. The first-order valence-corrected chi connectivity index (χ1v) is 5.51. The number of rotatable bonds is 6. The zero-order chi connectivity index (χ0) is 11.8. The van der Waals surface area contributed by atoms with Gasteiger partial charge in [-0.1, -0.05) is 43.5 Å². The molecule has 0 spiro atoms. The molecule has 0 radical (unpaired) electrons. The van der Waals surface area contributed by atoms with E-state index in [9.17, 15) is 0 Å². The Kier molecular flexibility index (Phi) is 5.51. The van der Waals surface area contributed by atoms with Crippen molar-refractivity contribution in [2.45, 2.75) is 6.42 Å². The maximum absolute atomic E-state index is 5.18. The topological polar surface area (TPSA) is 9.23 Å². The van der Waals surface area contributed by atoms with Crippen LogP contribution in [-0.4, -0.2) is 6.61 Å². The molecule has 0 amide bonds. The molecule has 0 bridgehead atoms. The van der Waals surface area contributed by atoms with Crippen LogP contribution in [-0.2, 0) is 4.74 Å². The van der Waals surface area contributed by atoms with Gasteiger partial charge < -0.3 is 4.74 Å². The number of ether oxygens (including phenoxy) is 1. The number of hydrogen-bond donors (Lipinski definition) is 1. The normalized spacial score (nSPS) is 10.3. The van der Waals surface area contributed by atoms with Crippen LogP contribution in [0.15, 0.2) is 60.7 Å². The molecular formula is C14H16OS. The fourth-order valence-corrected chi connectivity index (χ4v) is 1.27. The number of benzene rings is 1. The Morgan fingerprint density at radius 3 is 2.56 bits per heavy atom. The van der Waals surface area contributed by atoms with Crippen LogP contribution in [0.4, 0.5) is 0 Å². The molecule has 0 fully saturated rings. The van der Waals surface area contributed by atoms with Gasteiger partial charge in [-0.2, -0.15) is 0 Å². The molecule has 0 atom stereocenters. The van der Waals surface area contributed by atoms with Crippen LogP contribution in [0.1, 0.15) is 12.0 Å². The fourth-order valence-electron chi connectivity index (χ4n) is 1.19. The van der Waals surface area contributed by atoms with Gasteiger partial charge in [0.05, 0.1) is 6.26 Å². The van der Waals surface area contributed by atoms with Crippen LogP contribution < -0.4 is 0 Å². The molecule has 1 rings (SSSR count). The average molecular weight is 232 g/mol. The van der Waals surface area contributed by atoms with Gasteiger partial charge in [-0.3, -0.25) is 0 Å². The number of allylic oxidation sites excluding steroid dienone is 2. The van der Waals surface area contributed by atoms with Crippen LogP contribution in [0.5, 0.6) is 0 Å². The van der Waals surface area contributed by atoms with Gasteiger partial charge in [-0.25, -0.2) is 0 Å². The molecule has 0 saturated heterocycles. The molecule has 0 aliphatic heterocycles. The Hall–Kier alpha value is -1.41. The molecule has 2 heteroatoms. The largest absolute Gasteiger partial charge is 0.496 e. The number of hydrogen-bond acceptors (Lipinski definition) is 2. The summed E-state index contributed by atoms with van der Waals surface area (Å²) in [7, 11) is 0. The zero-order valence-electron chi connectivity index (χ0n) is 9.23. The fraction of sp³-hybridized carbons (Fsp3) is 0.143. The summed E-state index contributed by atoms with van der Waals surface area (Å²) in [5, 5.41) is 0. The maximum Gasteiger partial charge on any atom is 0.117 e. The maximum atomic E-state index is 5.18. The molecule has 0 saturated carbocycles. The smallest absolute Gasteiger partial charge is 0.117 e. The summed E-state index contributed by atoms with van der Waals surface area (Å²) in [6.07, 6.45) is 4.38. The highest BCUT2D eigenvalue weighted by Gasteiger charge is 1.94. The quantitative estimate of drug-likeness (QED) is 0.574. The summed E-state index contributed by atoms with van der Waals surface area (Å²) < 4.78 is 5.18. The van der Waals surface area contributed by atoms with E-state index in [4.69, 9.17) is 4.74 Å². The van der Waals surface area contributed by atoms with Crippen molar-refractivity contribution in [1.82, 2.24) is 0 Å². The molecular weight excluding hydrogens is 216 g/mol. The predicted molar refractivity (Wildman–Crippen MR) is 73.3 cm³/mol. The number of thiol groups is 1. The molecule has 16 heavy (non-hydrogen) atoms. The molecule has 0 heterocycles. The highest BCUT2D eigenvalue weighted by Crippen LogP contribution is 2.15. The molecule has 1 aromatic rings. The Labute approximate surface area is 103 Å². The minimum absolute atomic E-state index is 0.442. The first-order chi connectivity index (χ1) is 7.70. The van der Waals surface area contributed by atoms with Gasteiger partial charge in [0, 0.05) is 4.91 Å². The van der Waals surface area contributed by atoms with E-state index in [1.807, 2.05) is 36.4 Å². The van der Waals surface area contributed by atoms with Crippen molar-refractivity contribution in [2.75, 3.05) is 6.61 Å². The third-order valence-corrected chi connectivity index (χ3v) is 2.12. The predicted octanol–water partition coefficient (Wildman–Crippen LogP) is 4.06. The van der Waals surface area contributed by atoms with E-state index in [-0.39, 0.29) is 0 Å². The van der Waals surface area contributed by atoms with Gasteiger partial charge in [-0.05, 0) is 23.6 Å². The third-order valence-electron chi connectivity index (χ3n) is 1.99. The van der Waals surface area contributed by atoms with E-state index < -0.39 is 0 Å². The summed E-state index contributed by atoms with van der Waals surface area (Å²) in [5.74, 6) is 0. The SMILES string of the molecule is C=C(S)CO/C=C\CC(=C)c1ccccc1. The van der Waals surface area contributed by atoms with Crippen molar-refractivity contribution >= 4 is 18.2 Å². The molecule has 84 valence electrons. The Bertz CT molecular complexity index is 379. The molecule has 1 nitrogen and oxygen atoms in total. The van der Waals surface area contributed by atoms with Crippen molar-refractivity contribution < 1.29 is 4.74 Å². The summed E-state index contributed by atoms with van der Waals surface area (Å²) in [6.45, 7) is 8.08. The highest BCUT2D eigenvalue weighted by atomic mass is 32.1. The molecule has 0 aliphatic carbocycles. The van der Waals surface area contributed by atoms with Gasteiger partial charge in [0.25, 0.3) is 0 Å². The van der Waals surface area contributed by atoms with E-state index in [0.29, 0.717) is 11.5 Å². The Morgan fingerprint density at radius 1 is 1.25 bits per heavy atom. The summed E-state index contributed by atoms with van der Waals surface area (Å²) in [5.41, 5.74) is 2.23. The minimum Gasteiger partial charge on any atom is -0.496 e. The van der Waals surface area contributed by atoms with Crippen molar-refractivity contribution in [1.29, 1.82) is 0 Å². The minimum atomic E-state index is 0.442. The van der Waals surface area contributed by atoms with Gasteiger partial charge in [0.15, 0.2) is 0 Å². The van der Waals surface area contributed by atoms with E-state index in [0.717, 1.165) is 17.6 Å². The van der Waals surface area contributed by atoms with Crippen LogP contribution in [0.3, 0.4) is 0 Å². The average Bonchev–Trinajstić information content (AvgIpc) is 2.29.